The van der Waals surface area contributed by atoms with Gasteiger partial charge >= 0.3 is 10.1 Å². The molecule has 0 N–H and O–H groups in total. The van der Waals surface area contributed by atoms with Gasteiger partial charge in [0.25, 0.3) is 0 Å². The highest BCUT2D eigenvalue weighted by atomic mass is 35.5. The number of halogens is 2. The summed E-state index contributed by atoms with van der Waals surface area (Å²) in [6, 6.07) is 7.86. The number of hydrogen-bond donors (Lipinski definition) is 0. The Balaban J connectivity index is 2.12. The highest BCUT2D eigenvalue weighted by Crippen LogP contribution is 2.64. The predicted octanol–water partition coefficient (Wildman–Crippen LogP) is 2.85. The monoisotopic (exact) mass is 319 g/mol. The zero-order valence-electron chi connectivity index (χ0n) is 10.1. The van der Waals surface area contributed by atoms with Crippen LogP contribution in [0.2, 0.25) is 0 Å². The number of nitrogens with zero attached hydrogens (tertiary/aromatic N) is 1. The molecule has 0 aromatic heterocycles. The van der Waals surface area contributed by atoms with Crippen LogP contribution in [-0.4, -0.2) is 18.5 Å². The van der Waals surface area contributed by atoms with Crippen molar-refractivity contribution in [3.63, 3.8) is 0 Å². The minimum absolute atomic E-state index is 0.109. The molecule has 0 heterocycles. The summed E-state index contributed by atoms with van der Waals surface area (Å²) < 4.78 is 27.8. The summed E-state index contributed by atoms with van der Waals surface area (Å²) >= 11 is 11.8. The van der Waals surface area contributed by atoms with Crippen molar-refractivity contribution >= 4 is 33.3 Å². The fourth-order valence-corrected chi connectivity index (χ4v) is 4.25. The predicted molar refractivity (Wildman–Crippen MR) is 72.7 cm³/mol. The van der Waals surface area contributed by atoms with Crippen molar-refractivity contribution in [2.24, 2.45) is 5.41 Å². The van der Waals surface area contributed by atoms with E-state index in [1.54, 1.807) is 19.1 Å². The molecule has 1 aromatic rings. The molecule has 0 amide bonds. The Kier molecular flexibility index (Phi) is 3.46. The lowest BCUT2D eigenvalue weighted by Crippen LogP contribution is -2.23. The molecule has 1 fully saturated rings. The van der Waals surface area contributed by atoms with E-state index in [-0.39, 0.29) is 11.5 Å². The zero-order chi connectivity index (χ0) is 14.3. The van der Waals surface area contributed by atoms with E-state index in [1.807, 2.05) is 6.07 Å². The van der Waals surface area contributed by atoms with E-state index in [1.165, 1.54) is 12.1 Å². The molecule has 0 aliphatic heterocycles. The summed E-state index contributed by atoms with van der Waals surface area (Å²) in [5.41, 5.74) is -0.365. The molecule has 1 aliphatic rings. The molecular weight excluding hydrogens is 309 g/mol. The van der Waals surface area contributed by atoms with Crippen molar-refractivity contribution in [1.82, 2.24) is 0 Å². The Morgan fingerprint density at radius 2 is 2.11 bits per heavy atom. The molecule has 1 aliphatic carbocycles. The molecule has 2 rings (SSSR count). The molecular formula is C12H11Cl2NO3S. The first-order chi connectivity index (χ1) is 8.67. The molecule has 102 valence electrons. The van der Waals surface area contributed by atoms with E-state index >= 15 is 0 Å². The molecule has 0 bridgehead atoms. The van der Waals surface area contributed by atoms with Crippen LogP contribution in [-0.2, 0) is 10.1 Å². The van der Waals surface area contributed by atoms with Gasteiger partial charge in [-0.05, 0) is 24.6 Å². The Labute approximate surface area is 122 Å². The largest absolute Gasteiger partial charge is 0.382 e. The number of nitriles is 1. The fraction of sp³-hybridized carbons (Fsp3) is 0.417. The maximum absolute atomic E-state index is 11.9. The van der Waals surface area contributed by atoms with Crippen LogP contribution in [0.3, 0.4) is 0 Å². The van der Waals surface area contributed by atoms with Gasteiger partial charge in [0.15, 0.2) is 0 Å². The minimum atomic E-state index is -3.80. The normalized spacial score (nSPS) is 24.5. The molecule has 0 saturated heterocycles. The third kappa shape index (κ3) is 3.14. The first-order valence-electron chi connectivity index (χ1n) is 5.48. The van der Waals surface area contributed by atoms with Gasteiger partial charge in [0.2, 0.25) is 0 Å². The van der Waals surface area contributed by atoms with Gasteiger partial charge in [0.1, 0.15) is 10.1 Å². The molecule has 4 nitrogen and oxygen atoms in total. The van der Waals surface area contributed by atoms with Gasteiger partial charge in [0, 0.05) is 5.41 Å². The first-order valence-corrected chi connectivity index (χ1v) is 7.81. The second-order valence-corrected chi connectivity index (χ2v) is 7.92. The SMILES string of the molecule is CC1(CS(=O)(=O)Oc2cccc(C#N)c2)CC1(Cl)Cl. The van der Waals surface area contributed by atoms with E-state index in [0.29, 0.717) is 12.0 Å². The average molecular weight is 320 g/mol. The molecule has 19 heavy (non-hydrogen) atoms. The standard InChI is InChI=1S/C12H11Cl2NO3S/c1-11(7-12(11,13)14)8-19(16,17)18-10-4-2-3-9(5-10)6-15/h2-5H,7-8H2,1H3. The number of benzene rings is 1. The van der Waals surface area contributed by atoms with Crippen molar-refractivity contribution in [2.75, 3.05) is 5.75 Å². The van der Waals surface area contributed by atoms with Gasteiger partial charge in [0.05, 0.1) is 17.4 Å². The van der Waals surface area contributed by atoms with Gasteiger partial charge in [-0.2, -0.15) is 13.7 Å². The van der Waals surface area contributed by atoms with Gasteiger partial charge < -0.3 is 4.18 Å². The van der Waals surface area contributed by atoms with Crippen molar-refractivity contribution < 1.29 is 12.6 Å². The molecule has 0 spiro atoms. The van der Waals surface area contributed by atoms with Crippen LogP contribution in [0.4, 0.5) is 0 Å². The van der Waals surface area contributed by atoms with E-state index in [9.17, 15) is 8.42 Å². The van der Waals surface area contributed by atoms with E-state index < -0.39 is 19.9 Å². The van der Waals surface area contributed by atoms with Crippen LogP contribution in [0.5, 0.6) is 5.75 Å². The van der Waals surface area contributed by atoms with Crippen LogP contribution < -0.4 is 4.18 Å². The Morgan fingerprint density at radius 1 is 1.47 bits per heavy atom. The number of hydrogen-bond acceptors (Lipinski definition) is 4. The second-order valence-electron chi connectivity index (χ2n) is 4.87. The summed E-state index contributed by atoms with van der Waals surface area (Å²) in [7, 11) is -3.80. The quantitative estimate of drug-likeness (QED) is 0.632. The molecule has 7 heteroatoms. The third-order valence-corrected chi connectivity index (χ3v) is 5.67. The van der Waals surface area contributed by atoms with Crippen LogP contribution in [0.25, 0.3) is 0 Å². The smallest absolute Gasteiger partial charge is 0.309 e. The Hall–Kier alpha value is -0.960. The maximum atomic E-state index is 11.9. The lowest BCUT2D eigenvalue weighted by molar-refractivity contribution is 0.469. The zero-order valence-corrected chi connectivity index (χ0v) is 12.4. The maximum Gasteiger partial charge on any atom is 0.309 e. The van der Waals surface area contributed by atoms with Crippen LogP contribution in [0, 0.1) is 16.7 Å². The molecule has 1 unspecified atom stereocenters. The Bertz CT molecular complexity index is 651. The topological polar surface area (TPSA) is 67.2 Å². The number of rotatable bonds is 4. The summed E-state index contributed by atoms with van der Waals surface area (Å²) in [4.78, 5) is 0. The van der Waals surface area contributed by atoms with Crippen molar-refractivity contribution in [3.05, 3.63) is 29.8 Å². The van der Waals surface area contributed by atoms with E-state index in [0.717, 1.165) is 0 Å². The summed E-state index contributed by atoms with van der Waals surface area (Å²) in [5.74, 6) is -0.151. The lowest BCUT2D eigenvalue weighted by atomic mass is 10.2. The molecule has 1 saturated carbocycles. The van der Waals surface area contributed by atoms with Crippen molar-refractivity contribution in [3.8, 4) is 11.8 Å². The fourth-order valence-electron chi connectivity index (χ4n) is 1.79. The van der Waals surface area contributed by atoms with Gasteiger partial charge in [-0.25, -0.2) is 0 Å². The van der Waals surface area contributed by atoms with Crippen LogP contribution in [0.1, 0.15) is 18.9 Å². The lowest BCUT2D eigenvalue weighted by Gasteiger charge is -2.13. The van der Waals surface area contributed by atoms with Crippen LogP contribution in [0.15, 0.2) is 24.3 Å². The molecule has 0 radical (unpaired) electrons. The summed E-state index contributed by atoms with van der Waals surface area (Å²) in [5, 5.41) is 8.74. The second kappa shape index (κ2) is 4.55. The molecule has 1 atom stereocenters. The van der Waals surface area contributed by atoms with Gasteiger partial charge in [-0.1, -0.05) is 13.0 Å². The highest BCUT2D eigenvalue weighted by molar-refractivity contribution is 7.87. The summed E-state index contributed by atoms with van der Waals surface area (Å²) in [6.07, 6.45) is 0.407. The van der Waals surface area contributed by atoms with Crippen molar-refractivity contribution in [1.29, 1.82) is 5.26 Å². The van der Waals surface area contributed by atoms with Crippen LogP contribution >= 0.6 is 23.2 Å². The summed E-state index contributed by atoms with van der Waals surface area (Å²) in [6.45, 7) is 1.69. The third-order valence-electron chi connectivity index (χ3n) is 3.05. The van der Waals surface area contributed by atoms with Gasteiger partial charge in [-0.3, -0.25) is 0 Å². The molecule has 1 aromatic carbocycles. The first kappa shape index (κ1) is 14.4. The van der Waals surface area contributed by atoms with E-state index in [4.69, 9.17) is 32.6 Å². The Morgan fingerprint density at radius 3 is 2.63 bits per heavy atom. The van der Waals surface area contributed by atoms with Crippen molar-refractivity contribution in [2.45, 2.75) is 17.7 Å². The minimum Gasteiger partial charge on any atom is -0.382 e. The average Bonchev–Trinajstić information content (AvgIpc) is 2.74. The highest BCUT2D eigenvalue weighted by Gasteiger charge is 2.64. The van der Waals surface area contributed by atoms with E-state index in [2.05, 4.69) is 0 Å². The number of alkyl halides is 2. The van der Waals surface area contributed by atoms with Gasteiger partial charge in [-0.15, -0.1) is 23.2 Å².